The predicted molar refractivity (Wildman–Crippen MR) is 82.7 cm³/mol. The number of halogens is 2. The fraction of sp³-hybridized carbons (Fsp3) is 0.267. The summed E-state index contributed by atoms with van der Waals surface area (Å²) in [5.74, 6) is -0.859. The Balaban J connectivity index is 2.10. The lowest BCUT2D eigenvalue weighted by atomic mass is 10.1. The zero-order valence-corrected chi connectivity index (χ0v) is 13.4. The zero-order valence-electron chi connectivity index (χ0n) is 11.8. The van der Waals surface area contributed by atoms with Crippen LogP contribution in [0.3, 0.4) is 0 Å². The smallest absolute Gasteiger partial charge is 0.288 e. The quantitative estimate of drug-likeness (QED) is 0.907. The van der Waals surface area contributed by atoms with E-state index in [-0.39, 0.29) is 22.1 Å². The van der Waals surface area contributed by atoms with Crippen LogP contribution in [0.15, 0.2) is 33.9 Å². The molecule has 0 bridgehead atoms. The topological polar surface area (TPSA) is 64.0 Å². The maximum absolute atomic E-state index is 14.1. The second kappa shape index (κ2) is 5.64. The highest BCUT2D eigenvalue weighted by Gasteiger charge is 2.24. The van der Waals surface area contributed by atoms with Gasteiger partial charge in [0.15, 0.2) is 4.60 Å². The summed E-state index contributed by atoms with van der Waals surface area (Å²) in [6.07, 6.45) is 4.77. The van der Waals surface area contributed by atoms with E-state index >= 15 is 0 Å². The Morgan fingerprint density at radius 3 is 2.86 bits per heavy atom. The number of hydrogen-bond donors (Lipinski definition) is 1. The van der Waals surface area contributed by atoms with Crippen molar-refractivity contribution in [3.05, 3.63) is 56.4 Å². The summed E-state index contributed by atoms with van der Waals surface area (Å²) in [5, 5.41) is 2.81. The van der Waals surface area contributed by atoms with E-state index in [4.69, 9.17) is 0 Å². The van der Waals surface area contributed by atoms with Gasteiger partial charge in [-0.3, -0.25) is 14.2 Å². The average molecular weight is 366 g/mol. The molecule has 3 rings (SSSR count). The summed E-state index contributed by atoms with van der Waals surface area (Å²) in [6.45, 7) is 1.56. The lowest BCUT2D eigenvalue weighted by molar-refractivity contribution is 0.0950. The van der Waals surface area contributed by atoms with Gasteiger partial charge >= 0.3 is 0 Å². The first-order valence-electron chi connectivity index (χ1n) is 6.82. The van der Waals surface area contributed by atoms with Crippen molar-refractivity contribution >= 4 is 21.8 Å². The van der Waals surface area contributed by atoms with Crippen molar-refractivity contribution in [1.82, 2.24) is 14.9 Å². The van der Waals surface area contributed by atoms with Crippen LogP contribution in [0.4, 0.5) is 4.39 Å². The Bertz CT molecular complexity index is 815. The number of nitrogens with one attached hydrogen (secondary N) is 1. The van der Waals surface area contributed by atoms with Gasteiger partial charge in [-0.05, 0) is 47.8 Å². The summed E-state index contributed by atoms with van der Waals surface area (Å²) in [7, 11) is 0. The number of aromatic nitrogens is 2. The molecule has 1 aliphatic carbocycles. The molecule has 22 heavy (non-hydrogen) atoms. The Hall–Kier alpha value is -2.02. The third kappa shape index (κ3) is 2.81. The van der Waals surface area contributed by atoms with Crippen molar-refractivity contribution in [2.75, 3.05) is 0 Å². The molecule has 1 aliphatic rings. The zero-order chi connectivity index (χ0) is 15.9. The normalized spacial score (nSPS) is 14.0. The van der Waals surface area contributed by atoms with Crippen LogP contribution < -0.4 is 10.9 Å². The summed E-state index contributed by atoms with van der Waals surface area (Å²) in [6, 6.07) is 2.89. The van der Waals surface area contributed by atoms with Crippen LogP contribution in [0.5, 0.6) is 0 Å². The molecular formula is C15H13BrFN3O2. The SMILES string of the molecule is Cc1c(F)cc(C(=O)NC2CC2)cc1-n1ccnc(Br)c1=O. The number of carbonyl (C=O) groups is 1. The third-order valence-corrected chi connectivity index (χ3v) is 4.09. The van der Waals surface area contributed by atoms with E-state index < -0.39 is 11.4 Å². The molecule has 0 unspecified atom stereocenters. The van der Waals surface area contributed by atoms with E-state index in [2.05, 4.69) is 26.2 Å². The van der Waals surface area contributed by atoms with Crippen LogP contribution in [-0.4, -0.2) is 21.5 Å². The highest BCUT2D eigenvalue weighted by atomic mass is 79.9. The second-order valence-electron chi connectivity index (χ2n) is 5.24. The number of hydrogen-bond acceptors (Lipinski definition) is 3. The Kier molecular flexibility index (Phi) is 3.82. The summed E-state index contributed by atoms with van der Waals surface area (Å²) in [5.41, 5.74) is 0.409. The minimum atomic E-state index is -0.529. The largest absolute Gasteiger partial charge is 0.349 e. The van der Waals surface area contributed by atoms with Gasteiger partial charge in [-0.25, -0.2) is 9.37 Å². The highest BCUT2D eigenvalue weighted by Crippen LogP contribution is 2.22. The molecule has 1 N–H and O–H groups in total. The van der Waals surface area contributed by atoms with E-state index in [1.54, 1.807) is 6.92 Å². The molecule has 114 valence electrons. The summed E-state index contributed by atoms with van der Waals surface area (Å²) < 4.78 is 15.5. The van der Waals surface area contributed by atoms with Gasteiger partial charge in [0.1, 0.15) is 5.82 Å². The molecule has 1 amide bonds. The third-order valence-electron chi connectivity index (χ3n) is 3.55. The average Bonchev–Trinajstić information content (AvgIpc) is 3.29. The standard InChI is InChI=1S/C15H13BrFN3O2/c1-8-11(17)6-9(14(21)19-10-2-3-10)7-12(8)20-5-4-18-13(16)15(20)22/h4-7,10H,2-3H2,1H3,(H,19,21). The Morgan fingerprint density at radius 1 is 1.45 bits per heavy atom. The predicted octanol–water partition coefficient (Wildman–Crippen LogP) is 2.33. The van der Waals surface area contributed by atoms with Crippen molar-refractivity contribution in [2.45, 2.75) is 25.8 Å². The first kappa shape index (κ1) is 14.9. The fourth-order valence-corrected chi connectivity index (χ4v) is 2.43. The van der Waals surface area contributed by atoms with Crippen LogP contribution in [0.25, 0.3) is 5.69 Å². The molecule has 0 radical (unpaired) electrons. The Labute approximate surface area is 134 Å². The van der Waals surface area contributed by atoms with Gasteiger partial charge in [0.05, 0.1) is 5.69 Å². The van der Waals surface area contributed by atoms with E-state index in [0.717, 1.165) is 12.8 Å². The van der Waals surface area contributed by atoms with Crippen LogP contribution in [-0.2, 0) is 0 Å². The number of nitrogens with zero attached hydrogens (tertiary/aromatic N) is 2. The molecule has 1 fully saturated rings. The van der Waals surface area contributed by atoms with Crippen LogP contribution in [0, 0.1) is 12.7 Å². The maximum Gasteiger partial charge on any atom is 0.288 e. The monoisotopic (exact) mass is 365 g/mol. The van der Waals surface area contributed by atoms with Crippen molar-refractivity contribution in [3.63, 3.8) is 0 Å². The molecule has 1 aromatic carbocycles. The number of benzene rings is 1. The van der Waals surface area contributed by atoms with Gasteiger partial charge < -0.3 is 5.32 Å². The number of amides is 1. The molecule has 0 aliphatic heterocycles. The second-order valence-corrected chi connectivity index (χ2v) is 5.99. The van der Waals surface area contributed by atoms with Crippen molar-refractivity contribution in [1.29, 1.82) is 0 Å². The van der Waals surface area contributed by atoms with Gasteiger partial charge in [0, 0.05) is 29.6 Å². The molecule has 0 spiro atoms. The van der Waals surface area contributed by atoms with E-state index in [0.29, 0.717) is 11.3 Å². The lowest BCUT2D eigenvalue weighted by Gasteiger charge is -2.12. The molecule has 0 saturated heterocycles. The van der Waals surface area contributed by atoms with Crippen LogP contribution in [0.1, 0.15) is 28.8 Å². The molecule has 1 heterocycles. The van der Waals surface area contributed by atoms with E-state index in [1.807, 2.05) is 0 Å². The van der Waals surface area contributed by atoms with Crippen molar-refractivity contribution < 1.29 is 9.18 Å². The first-order chi connectivity index (χ1) is 10.5. The molecule has 7 heteroatoms. The van der Waals surface area contributed by atoms with Gasteiger partial charge in [-0.15, -0.1) is 0 Å². The van der Waals surface area contributed by atoms with Crippen molar-refractivity contribution in [2.24, 2.45) is 0 Å². The summed E-state index contributed by atoms with van der Waals surface area (Å²) >= 11 is 3.06. The maximum atomic E-state index is 14.1. The lowest BCUT2D eigenvalue weighted by Crippen LogP contribution is -2.26. The number of carbonyl (C=O) groups excluding carboxylic acids is 1. The van der Waals surface area contributed by atoms with Crippen LogP contribution in [0.2, 0.25) is 0 Å². The van der Waals surface area contributed by atoms with Crippen molar-refractivity contribution in [3.8, 4) is 5.69 Å². The first-order valence-corrected chi connectivity index (χ1v) is 7.61. The molecule has 2 aromatic rings. The van der Waals surface area contributed by atoms with E-state index in [1.165, 1.54) is 29.1 Å². The summed E-state index contributed by atoms with van der Waals surface area (Å²) in [4.78, 5) is 28.1. The van der Waals surface area contributed by atoms with Gasteiger partial charge in [0.25, 0.3) is 11.5 Å². The highest BCUT2D eigenvalue weighted by molar-refractivity contribution is 9.10. The minimum absolute atomic E-state index is 0.127. The van der Waals surface area contributed by atoms with Gasteiger partial charge in [-0.1, -0.05) is 0 Å². The molecular weight excluding hydrogens is 353 g/mol. The minimum Gasteiger partial charge on any atom is -0.349 e. The Morgan fingerprint density at radius 2 is 2.18 bits per heavy atom. The van der Waals surface area contributed by atoms with Gasteiger partial charge in [0.2, 0.25) is 0 Å². The molecule has 0 atom stereocenters. The number of rotatable bonds is 3. The van der Waals surface area contributed by atoms with Gasteiger partial charge in [-0.2, -0.15) is 0 Å². The molecule has 1 aromatic heterocycles. The van der Waals surface area contributed by atoms with E-state index in [9.17, 15) is 14.0 Å². The fourth-order valence-electron chi connectivity index (χ4n) is 2.12. The molecule has 5 nitrogen and oxygen atoms in total. The molecule has 1 saturated carbocycles. The van der Waals surface area contributed by atoms with Crippen LogP contribution >= 0.6 is 15.9 Å².